The quantitative estimate of drug-likeness (QED) is 0.463. The molecule has 1 aromatic carbocycles. The van der Waals surface area contributed by atoms with Crippen molar-refractivity contribution in [3.63, 3.8) is 0 Å². The zero-order valence-corrected chi connectivity index (χ0v) is 19.1. The number of nitrogens with zero attached hydrogens (tertiary/aromatic N) is 4. The molecule has 1 saturated carbocycles. The molecular formula is C23H32F3N5O2. The van der Waals surface area contributed by atoms with Crippen LogP contribution in [0.4, 0.5) is 13.2 Å². The Kier molecular flexibility index (Phi) is 8.96. The summed E-state index contributed by atoms with van der Waals surface area (Å²) in [5.41, 5.74) is -0.0863. The van der Waals surface area contributed by atoms with Gasteiger partial charge in [-0.3, -0.25) is 9.79 Å². The minimum Gasteiger partial charge on any atom is -0.381 e. The molecule has 0 unspecified atom stereocenters. The van der Waals surface area contributed by atoms with Crippen molar-refractivity contribution in [1.82, 2.24) is 10.2 Å². The topological polar surface area (TPSA) is 78.7 Å². The van der Waals surface area contributed by atoms with Crippen LogP contribution in [0.25, 0.3) is 0 Å². The summed E-state index contributed by atoms with van der Waals surface area (Å²) in [5.74, 6) is -0.225. The zero-order chi connectivity index (χ0) is 23.8. The fraction of sp³-hybridized carbons (Fsp3) is 0.652. The van der Waals surface area contributed by atoms with Crippen LogP contribution in [-0.2, 0) is 22.3 Å². The number of halogens is 3. The second kappa shape index (κ2) is 11.7. The Balaban J connectivity index is 1.59. The highest BCUT2D eigenvalue weighted by atomic mass is 19.4. The van der Waals surface area contributed by atoms with Gasteiger partial charge in [0.1, 0.15) is 6.67 Å². The van der Waals surface area contributed by atoms with Gasteiger partial charge in [-0.2, -0.15) is 23.4 Å². The molecule has 1 amide bonds. The van der Waals surface area contributed by atoms with Gasteiger partial charge in [-0.15, -0.1) is 0 Å². The van der Waals surface area contributed by atoms with E-state index >= 15 is 0 Å². The molecule has 2 atom stereocenters. The van der Waals surface area contributed by atoms with E-state index in [1.807, 2.05) is 0 Å². The minimum atomic E-state index is -4.49. The first kappa shape index (κ1) is 25.3. The maximum absolute atomic E-state index is 13.3. The maximum atomic E-state index is 13.3. The maximum Gasteiger partial charge on any atom is 0.416 e. The van der Waals surface area contributed by atoms with Crippen LogP contribution in [0.1, 0.15) is 48.8 Å². The molecule has 0 radical (unpaired) electrons. The van der Waals surface area contributed by atoms with E-state index in [2.05, 4.69) is 32.5 Å². The van der Waals surface area contributed by atoms with Crippen LogP contribution < -0.4 is 5.32 Å². The number of azo groups is 1. The number of alkyl halides is 3. The number of nitrogens with one attached hydrogen (secondary N) is 1. The third kappa shape index (κ3) is 7.33. The summed E-state index contributed by atoms with van der Waals surface area (Å²) in [6.45, 7) is 1.63. The van der Waals surface area contributed by atoms with Crippen molar-refractivity contribution in [1.29, 1.82) is 0 Å². The molecule has 1 saturated heterocycles. The second-order valence-electron chi connectivity index (χ2n) is 8.65. The van der Waals surface area contributed by atoms with Gasteiger partial charge in [0.15, 0.2) is 0 Å². The molecular weight excluding hydrogens is 435 g/mol. The van der Waals surface area contributed by atoms with Crippen LogP contribution in [-0.4, -0.2) is 63.1 Å². The average Bonchev–Trinajstić information content (AvgIpc) is 3.30. The van der Waals surface area contributed by atoms with Crippen molar-refractivity contribution in [2.24, 2.45) is 21.1 Å². The van der Waals surface area contributed by atoms with Crippen LogP contribution in [0.15, 0.2) is 33.4 Å². The van der Waals surface area contributed by atoms with Crippen LogP contribution in [0.3, 0.4) is 0 Å². The zero-order valence-electron chi connectivity index (χ0n) is 19.1. The summed E-state index contributed by atoms with van der Waals surface area (Å²) in [5, 5.41) is 10.1. The summed E-state index contributed by atoms with van der Waals surface area (Å²) in [6, 6.07) is 4.53. The lowest BCUT2D eigenvalue weighted by atomic mass is 10.0. The van der Waals surface area contributed by atoms with Gasteiger partial charge in [0.05, 0.1) is 5.56 Å². The lowest BCUT2D eigenvalue weighted by molar-refractivity contribution is -0.137. The highest BCUT2D eigenvalue weighted by Crippen LogP contribution is 2.32. The number of ether oxygens (including phenoxy) is 1. The molecule has 1 N–H and O–H groups in total. The molecule has 33 heavy (non-hydrogen) atoms. The van der Waals surface area contributed by atoms with Crippen molar-refractivity contribution >= 4 is 12.1 Å². The molecule has 10 heteroatoms. The van der Waals surface area contributed by atoms with Crippen LogP contribution in [0, 0.1) is 5.92 Å². The van der Waals surface area contributed by atoms with Crippen LogP contribution in [0.5, 0.6) is 0 Å². The van der Waals surface area contributed by atoms with Gasteiger partial charge in [-0.05, 0) is 68.5 Å². The van der Waals surface area contributed by atoms with Crippen LogP contribution >= 0.6 is 0 Å². The molecule has 2 fully saturated rings. The van der Waals surface area contributed by atoms with Gasteiger partial charge in [0.25, 0.3) is 0 Å². The minimum absolute atomic E-state index is 0.0369. The van der Waals surface area contributed by atoms with E-state index < -0.39 is 11.7 Å². The van der Waals surface area contributed by atoms with E-state index in [-0.39, 0.29) is 25.0 Å². The largest absolute Gasteiger partial charge is 0.416 e. The van der Waals surface area contributed by atoms with E-state index in [0.717, 1.165) is 57.5 Å². The molecule has 0 bridgehead atoms. The number of hydrogen-bond donors (Lipinski definition) is 1. The average molecular weight is 468 g/mol. The van der Waals surface area contributed by atoms with E-state index in [4.69, 9.17) is 4.74 Å². The molecule has 0 aromatic heterocycles. The van der Waals surface area contributed by atoms with Gasteiger partial charge in [0.2, 0.25) is 5.91 Å². The Hall–Kier alpha value is -2.33. The number of amides is 1. The predicted molar refractivity (Wildman–Crippen MR) is 119 cm³/mol. The fourth-order valence-corrected chi connectivity index (χ4v) is 4.59. The number of benzene rings is 1. The molecule has 1 aliphatic heterocycles. The number of carbonyl (C=O) groups excluding carboxylic acids is 1. The van der Waals surface area contributed by atoms with Gasteiger partial charge in [-0.25, -0.2) is 0 Å². The Morgan fingerprint density at radius 1 is 1.18 bits per heavy atom. The Bertz CT molecular complexity index is 853. The highest BCUT2D eigenvalue weighted by molar-refractivity contribution is 5.81. The summed E-state index contributed by atoms with van der Waals surface area (Å²) in [7, 11) is 3.62. The number of aliphatic imine (C=N–C) groups is 1. The summed E-state index contributed by atoms with van der Waals surface area (Å²) < 4.78 is 45.4. The van der Waals surface area contributed by atoms with Crippen molar-refractivity contribution in [3.8, 4) is 0 Å². The molecule has 182 valence electrons. The Labute approximate surface area is 192 Å². The molecule has 1 heterocycles. The van der Waals surface area contributed by atoms with E-state index in [0.29, 0.717) is 23.2 Å². The van der Waals surface area contributed by atoms with Crippen LogP contribution in [0.2, 0.25) is 0 Å². The fourth-order valence-electron chi connectivity index (χ4n) is 4.59. The normalized spacial score (nSPS) is 22.6. The first-order valence-electron chi connectivity index (χ1n) is 11.3. The second-order valence-corrected chi connectivity index (χ2v) is 8.65. The summed E-state index contributed by atoms with van der Waals surface area (Å²) >= 11 is 0. The molecule has 1 aliphatic carbocycles. The Morgan fingerprint density at radius 3 is 2.64 bits per heavy atom. The molecule has 1 aromatic rings. The Morgan fingerprint density at radius 2 is 1.94 bits per heavy atom. The first-order chi connectivity index (χ1) is 15.8. The van der Waals surface area contributed by atoms with Gasteiger partial charge in [-0.1, -0.05) is 0 Å². The van der Waals surface area contributed by atoms with Gasteiger partial charge < -0.3 is 15.0 Å². The molecule has 7 nitrogen and oxygen atoms in total. The third-order valence-corrected chi connectivity index (χ3v) is 6.45. The van der Waals surface area contributed by atoms with Crippen molar-refractivity contribution in [2.45, 2.75) is 56.9 Å². The molecule has 3 rings (SSSR count). The smallest absolute Gasteiger partial charge is 0.381 e. The monoisotopic (exact) mass is 467 g/mol. The third-order valence-electron chi connectivity index (χ3n) is 6.45. The van der Waals surface area contributed by atoms with Crippen molar-refractivity contribution in [3.05, 3.63) is 34.9 Å². The van der Waals surface area contributed by atoms with E-state index in [1.54, 1.807) is 6.07 Å². The summed E-state index contributed by atoms with van der Waals surface area (Å²) in [4.78, 5) is 19.1. The van der Waals surface area contributed by atoms with E-state index in [1.165, 1.54) is 13.3 Å². The molecule has 2 aliphatic rings. The lowest BCUT2D eigenvalue weighted by Gasteiger charge is -2.35. The highest BCUT2D eigenvalue weighted by Gasteiger charge is 2.35. The van der Waals surface area contributed by atoms with Crippen molar-refractivity contribution < 1.29 is 22.7 Å². The van der Waals surface area contributed by atoms with E-state index in [9.17, 15) is 18.0 Å². The number of rotatable bonds is 8. The standard InChI is InChI=1S/C23H32F3N5O2/c1-27-30-15-28-13-16-9-17(11-19(10-16)23(24,25)26)14-29-22(32)18-3-4-21(12-18)31(2)20-5-7-33-8-6-20/h9-11,13,18,20-21H,3-8,12,14-15H2,1-2H3,(H,29,32)/b28-13+,30-27?/t18-,21+/m0/s1. The number of hydrogen-bond acceptors (Lipinski definition) is 6. The predicted octanol–water partition coefficient (Wildman–Crippen LogP) is 4.06. The number of carbonyl (C=O) groups is 1. The van der Waals surface area contributed by atoms with Crippen molar-refractivity contribution in [2.75, 3.05) is 34.0 Å². The lowest BCUT2D eigenvalue weighted by Crippen LogP contribution is -2.42. The summed E-state index contributed by atoms with van der Waals surface area (Å²) in [6.07, 6.45) is 1.37. The van der Waals surface area contributed by atoms with Gasteiger partial charge >= 0.3 is 6.18 Å². The molecule has 0 spiro atoms. The first-order valence-corrected chi connectivity index (χ1v) is 11.3. The SMILES string of the molecule is CN=NC/N=C/c1cc(CNC(=O)[C@H]2CC[C@@H](N(C)C3CCOCC3)C2)cc(C(F)(F)F)c1. The van der Waals surface area contributed by atoms with Gasteiger partial charge in [0, 0.05) is 51.0 Å².